The topological polar surface area (TPSA) is 92.4 Å². The van der Waals surface area contributed by atoms with Gasteiger partial charge in [0.25, 0.3) is 0 Å². The minimum atomic E-state index is -0.897. The molecule has 0 radical (unpaired) electrons. The number of carboxylic acid groups (broad SMARTS) is 1. The fourth-order valence-corrected chi connectivity index (χ4v) is 3.07. The van der Waals surface area contributed by atoms with Gasteiger partial charge in [0.2, 0.25) is 0 Å². The van der Waals surface area contributed by atoms with Gasteiger partial charge in [-0.15, -0.1) is 0 Å². The van der Waals surface area contributed by atoms with E-state index in [0.717, 1.165) is 16.7 Å². The molecule has 0 fully saturated rings. The number of rotatable bonds is 9. The lowest BCUT2D eigenvalue weighted by Crippen LogP contribution is -2.12. The van der Waals surface area contributed by atoms with E-state index in [1.807, 2.05) is 43.3 Å². The molecule has 3 aromatic rings. The average molecular weight is 402 g/mol. The summed E-state index contributed by atoms with van der Waals surface area (Å²) < 4.78 is 12.0. The number of carboxylic acids is 1. The van der Waals surface area contributed by atoms with Crippen LogP contribution in [0.15, 0.2) is 67.0 Å². The molecule has 1 aromatic heterocycles. The number of benzene rings is 2. The predicted octanol–water partition coefficient (Wildman–Crippen LogP) is 4.83. The molecule has 152 valence electrons. The second-order valence-corrected chi connectivity index (χ2v) is 6.82. The number of aryl methyl sites for hydroxylation is 1. The Kier molecular flexibility index (Phi) is 7.01. The van der Waals surface area contributed by atoms with Crippen LogP contribution in [0.5, 0.6) is 11.5 Å². The van der Waals surface area contributed by atoms with Crippen molar-refractivity contribution >= 4 is 5.97 Å². The van der Waals surface area contributed by atoms with Crippen LogP contribution in [0.2, 0.25) is 0 Å². The fraction of sp³-hybridized carbons (Fsp3) is 0.208. The molecule has 0 amide bonds. The number of ether oxygens (including phenoxy) is 2. The smallest absolute Gasteiger partial charge is 0.303 e. The van der Waals surface area contributed by atoms with Crippen LogP contribution in [-0.2, 0) is 11.4 Å². The first-order chi connectivity index (χ1) is 14.6. The molecule has 3 rings (SSSR count). The summed E-state index contributed by atoms with van der Waals surface area (Å²) in [7, 11) is 0. The lowest BCUT2D eigenvalue weighted by molar-refractivity contribution is -0.137. The van der Waals surface area contributed by atoms with Crippen LogP contribution in [0.1, 0.15) is 41.2 Å². The second-order valence-electron chi connectivity index (χ2n) is 6.82. The molecular formula is C24H22N2O4. The zero-order chi connectivity index (χ0) is 21.3. The third-order valence-corrected chi connectivity index (χ3v) is 4.63. The lowest BCUT2D eigenvalue weighted by Gasteiger charge is -2.22. The molecule has 0 aliphatic heterocycles. The average Bonchev–Trinajstić information content (AvgIpc) is 2.76. The van der Waals surface area contributed by atoms with E-state index in [2.05, 4.69) is 11.1 Å². The van der Waals surface area contributed by atoms with E-state index in [4.69, 9.17) is 14.6 Å². The van der Waals surface area contributed by atoms with Crippen molar-refractivity contribution in [2.75, 3.05) is 0 Å². The number of carbonyl (C=O) groups is 1. The van der Waals surface area contributed by atoms with Crippen LogP contribution in [-0.4, -0.2) is 16.1 Å². The Balaban J connectivity index is 1.84. The Morgan fingerprint density at radius 1 is 1.20 bits per heavy atom. The van der Waals surface area contributed by atoms with Crippen LogP contribution in [0.4, 0.5) is 0 Å². The number of aliphatic carboxylic acids is 1. The maximum absolute atomic E-state index is 11.1. The van der Waals surface area contributed by atoms with Gasteiger partial charge >= 0.3 is 5.97 Å². The number of pyridine rings is 1. The van der Waals surface area contributed by atoms with Crippen molar-refractivity contribution in [3.05, 3.63) is 89.2 Å². The predicted molar refractivity (Wildman–Crippen MR) is 111 cm³/mol. The Hall–Kier alpha value is -3.85. The van der Waals surface area contributed by atoms with E-state index in [-0.39, 0.29) is 12.8 Å². The number of hydrogen-bond acceptors (Lipinski definition) is 5. The van der Waals surface area contributed by atoms with E-state index in [1.165, 1.54) is 0 Å². The molecule has 1 atom stereocenters. The lowest BCUT2D eigenvalue weighted by atomic mass is 9.99. The Bertz CT molecular complexity index is 1040. The molecule has 0 aliphatic rings. The fourth-order valence-electron chi connectivity index (χ4n) is 3.07. The van der Waals surface area contributed by atoms with Gasteiger partial charge in [-0.2, -0.15) is 5.26 Å². The molecule has 0 bridgehead atoms. The highest BCUT2D eigenvalue weighted by atomic mass is 16.5. The van der Waals surface area contributed by atoms with Crippen molar-refractivity contribution in [2.45, 2.75) is 32.5 Å². The summed E-state index contributed by atoms with van der Waals surface area (Å²) >= 11 is 0. The van der Waals surface area contributed by atoms with E-state index in [0.29, 0.717) is 23.7 Å². The van der Waals surface area contributed by atoms with Crippen LogP contribution < -0.4 is 9.47 Å². The molecule has 1 heterocycles. The van der Waals surface area contributed by atoms with Gasteiger partial charge in [0, 0.05) is 30.4 Å². The summed E-state index contributed by atoms with van der Waals surface area (Å²) in [5.41, 5.74) is 3.17. The molecule has 0 aliphatic carbocycles. The van der Waals surface area contributed by atoms with Crippen molar-refractivity contribution in [2.24, 2.45) is 0 Å². The maximum atomic E-state index is 11.1. The highest BCUT2D eigenvalue weighted by Gasteiger charge is 2.19. The quantitative estimate of drug-likeness (QED) is 0.551. The van der Waals surface area contributed by atoms with Crippen LogP contribution in [0.3, 0.4) is 0 Å². The Morgan fingerprint density at radius 3 is 2.73 bits per heavy atom. The van der Waals surface area contributed by atoms with Crippen molar-refractivity contribution in [1.29, 1.82) is 5.26 Å². The van der Waals surface area contributed by atoms with Gasteiger partial charge in [0.05, 0.1) is 5.56 Å². The molecule has 0 unspecified atom stereocenters. The van der Waals surface area contributed by atoms with Gasteiger partial charge < -0.3 is 14.6 Å². The molecular weight excluding hydrogens is 380 g/mol. The van der Waals surface area contributed by atoms with Gasteiger partial charge in [0.15, 0.2) is 0 Å². The summed E-state index contributed by atoms with van der Waals surface area (Å²) in [5, 5.41) is 18.6. The van der Waals surface area contributed by atoms with Gasteiger partial charge in [-0.05, 0) is 42.7 Å². The standard InChI is InChI=1S/C24H22N2O4/c1-17-5-2-3-7-21(17)22(10-11-24(27)28)30-23-13-20(9-8-19(23)14-25)29-16-18-6-4-12-26-15-18/h2-9,12-13,15,22H,10-11,16H2,1H3,(H,27,28)/t22-/m1/s1. The summed E-state index contributed by atoms with van der Waals surface area (Å²) in [4.78, 5) is 15.2. The summed E-state index contributed by atoms with van der Waals surface area (Å²) in [6.07, 6.45) is 3.16. The summed E-state index contributed by atoms with van der Waals surface area (Å²) in [6, 6.07) is 18.6. The molecule has 30 heavy (non-hydrogen) atoms. The molecule has 0 saturated carbocycles. The third kappa shape index (κ3) is 5.58. The van der Waals surface area contributed by atoms with Crippen molar-refractivity contribution in [3.63, 3.8) is 0 Å². The van der Waals surface area contributed by atoms with E-state index in [9.17, 15) is 10.1 Å². The number of hydrogen-bond donors (Lipinski definition) is 1. The van der Waals surface area contributed by atoms with E-state index < -0.39 is 12.1 Å². The molecule has 0 spiro atoms. The first-order valence-electron chi connectivity index (χ1n) is 9.56. The van der Waals surface area contributed by atoms with Crippen LogP contribution in [0.25, 0.3) is 0 Å². The minimum absolute atomic E-state index is 0.0436. The normalized spacial score (nSPS) is 11.3. The number of nitrogens with zero attached hydrogens (tertiary/aromatic N) is 2. The monoisotopic (exact) mass is 402 g/mol. The van der Waals surface area contributed by atoms with Gasteiger partial charge in [0.1, 0.15) is 30.3 Å². The second kappa shape index (κ2) is 10.1. The van der Waals surface area contributed by atoms with Gasteiger partial charge in [-0.3, -0.25) is 9.78 Å². The van der Waals surface area contributed by atoms with Crippen molar-refractivity contribution in [3.8, 4) is 17.6 Å². The highest BCUT2D eigenvalue weighted by Crippen LogP contribution is 2.32. The largest absolute Gasteiger partial charge is 0.489 e. The number of aromatic nitrogens is 1. The highest BCUT2D eigenvalue weighted by molar-refractivity contribution is 5.66. The molecule has 0 saturated heterocycles. The third-order valence-electron chi connectivity index (χ3n) is 4.63. The van der Waals surface area contributed by atoms with E-state index >= 15 is 0 Å². The van der Waals surface area contributed by atoms with Crippen LogP contribution in [0, 0.1) is 18.3 Å². The number of nitriles is 1. The first kappa shape index (κ1) is 20.9. The first-order valence-corrected chi connectivity index (χ1v) is 9.56. The van der Waals surface area contributed by atoms with Crippen molar-refractivity contribution in [1.82, 2.24) is 4.98 Å². The molecule has 2 aromatic carbocycles. The van der Waals surface area contributed by atoms with Gasteiger partial charge in [-0.1, -0.05) is 30.3 Å². The molecule has 1 N–H and O–H groups in total. The summed E-state index contributed by atoms with van der Waals surface area (Å²) in [6.45, 7) is 2.28. The minimum Gasteiger partial charge on any atom is -0.489 e. The van der Waals surface area contributed by atoms with E-state index in [1.54, 1.807) is 30.6 Å². The Labute approximate surface area is 175 Å². The zero-order valence-corrected chi connectivity index (χ0v) is 16.6. The summed E-state index contributed by atoms with van der Waals surface area (Å²) in [5.74, 6) is 0.0145. The Morgan fingerprint density at radius 2 is 2.03 bits per heavy atom. The zero-order valence-electron chi connectivity index (χ0n) is 16.6. The van der Waals surface area contributed by atoms with Crippen LogP contribution >= 0.6 is 0 Å². The molecule has 6 heteroatoms. The van der Waals surface area contributed by atoms with Gasteiger partial charge in [-0.25, -0.2) is 0 Å². The molecule has 6 nitrogen and oxygen atoms in total. The maximum Gasteiger partial charge on any atom is 0.303 e. The SMILES string of the molecule is Cc1ccccc1[C@@H](CCC(=O)O)Oc1cc(OCc2cccnc2)ccc1C#N. The van der Waals surface area contributed by atoms with Crippen molar-refractivity contribution < 1.29 is 19.4 Å².